The van der Waals surface area contributed by atoms with E-state index in [-0.39, 0.29) is 6.54 Å². The lowest BCUT2D eigenvalue weighted by Gasteiger charge is -1.96. The van der Waals surface area contributed by atoms with E-state index in [1.165, 1.54) is 0 Å². The van der Waals surface area contributed by atoms with Gasteiger partial charge in [0.05, 0.1) is 0 Å². The SMILES string of the molecule is NC(=O)Cn1ncc(=O)[nH]c1=O. The van der Waals surface area contributed by atoms with Crippen LogP contribution in [0.4, 0.5) is 0 Å². The van der Waals surface area contributed by atoms with Crippen molar-refractivity contribution in [3.63, 3.8) is 0 Å². The van der Waals surface area contributed by atoms with E-state index in [9.17, 15) is 14.4 Å². The molecular formula is C5H6N4O3. The smallest absolute Gasteiger partial charge is 0.345 e. The second-order valence-electron chi connectivity index (χ2n) is 2.06. The molecule has 12 heavy (non-hydrogen) atoms. The van der Waals surface area contributed by atoms with Crippen molar-refractivity contribution in [3.05, 3.63) is 27.0 Å². The van der Waals surface area contributed by atoms with Gasteiger partial charge in [0.25, 0.3) is 5.56 Å². The van der Waals surface area contributed by atoms with Crippen LogP contribution in [0.1, 0.15) is 0 Å². The van der Waals surface area contributed by atoms with Crippen LogP contribution in [0.15, 0.2) is 15.8 Å². The molecule has 0 radical (unpaired) electrons. The first-order valence-electron chi connectivity index (χ1n) is 3.04. The first-order chi connectivity index (χ1) is 5.59. The molecule has 0 fully saturated rings. The van der Waals surface area contributed by atoms with Gasteiger partial charge in [0.1, 0.15) is 12.7 Å². The molecule has 0 unspecified atom stereocenters. The van der Waals surface area contributed by atoms with E-state index in [1.807, 2.05) is 4.98 Å². The van der Waals surface area contributed by atoms with Crippen LogP contribution in [0.3, 0.4) is 0 Å². The molecule has 1 aromatic rings. The topological polar surface area (TPSA) is 111 Å². The van der Waals surface area contributed by atoms with Gasteiger partial charge in [-0.05, 0) is 0 Å². The molecule has 0 aromatic carbocycles. The van der Waals surface area contributed by atoms with Gasteiger partial charge < -0.3 is 5.73 Å². The summed E-state index contributed by atoms with van der Waals surface area (Å²) in [5, 5.41) is 3.38. The van der Waals surface area contributed by atoms with E-state index < -0.39 is 17.2 Å². The van der Waals surface area contributed by atoms with Gasteiger partial charge in [0, 0.05) is 0 Å². The number of aromatic amines is 1. The molecular weight excluding hydrogens is 164 g/mol. The molecule has 64 valence electrons. The average molecular weight is 170 g/mol. The maximum absolute atomic E-state index is 10.8. The quantitative estimate of drug-likeness (QED) is 0.507. The number of amides is 1. The summed E-state index contributed by atoms with van der Waals surface area (Å²) in [4.78, 5) is 33.6. The van der Waals surface area contributed by atoms with Gasteiger partial charge in [0.15, 0.2) is 0 Å². The number of primary amides is 1. The number of nitrogens with one attached hydrogen (secondary N) is 1. The molecule has 0 bridgehead atoms. The second kappa shape index (κ2) is 2.99. The Labute approximate surface area is 65.8 Å². The molecule has 1 aromatic heterocycles. The number of carbonyl (C=O) groups excluding carboxylic acids is 1. The van der Waals surface area contributed by atoms with Gasteiger partial charge in [-0.25, -0.2) is 9.48 Å². The lowest BCUT2D eigenvalue weighted by Crippen LogP contribution is -2.35. The highest BCUT2D eigenvalue weighted by atomic mass is 16.2. The molecule has 0 aliphatic heterocycles. The Morgan fingerprint density at radius 3 is 2.83 bits per heavy atom. The average Bonchev–Trinajstić information content (AvgIpc) is 1.94. The summed E-state index contributed by atoms with van der Waals surface area (Å²) < 4.78 is 0.768. The van der Waals surface area contributed by atoms with Crippen molar-refractivity contribution in [2.75, 3.05) is 0 Å². The molecule has 0 aliphatic carbocycles. The highest BCUT2D eigenvalue weighted by Gasteiger charge is 2.00. The van der Waals surface area contributed by atoms with E-state index in [0.29, 0.717) is 0 Å². The van der Waals surface area contributed by atoms with E-state index >= 15 is 0 Å². The van der Waals surface area contributed by atoms with Gasteiger partial charge in [-0.2, -0.15) is 5.10 Å². The number of hydrogen-bond acceptors (Lipinski definition) is 4. The van der Waals surface area contributed by atoms with Crippen molar-refractivity contribution in [2.24, 2.45) is 5.73 Å². The Hall–Kier alpha value is -1.92. The fourth-order valence-corrected chi connectivity index (χ4v) is 0.637. The largest absolute Gasteiger partial charge is 0.368 e. The summed E-state index contributed by atoms with van der Waals surface area (Å²) in [5.74, 6) is -0.698. The number of H-pyrrole nitrogens is 1. The Balaban J connectivity index is 3.10. The molecule has 0 saturated carbocycles. The Kier molecular flexibility index (Phi) is 2.04. The highest BCUT2D eigenvalue weighted by Crippen LogP contribution is 1.67. The van der Waals surface area contributed by atoms with Crippen LogP contribution in [-0.2, 0) is 11.3 Å². The molecule has 1 heterocycles. The molecule has 0 saturated heterocycles. The van der Waals surface area contributed by atoms with Gasteiger partial charge in [-0.1, -0.05) is 0 Å². The van der Waals surface area contributed by atoms with Crippen LogP contribution in [0.25, 0.3) is 0 Å². The lowest BCUT2D eigenvalue weighted by atomic mass is 10.6. The van der Waals surface area contributed by atoms with Crippen molar-refractivity contribution in [3.8, 4) is 0 Å². The van der Waals surface area contributed by atoms with E-state index in [4.69, 9.17) is 5.73 Å². The number of aromatic nitrogens is 3. The maximum Gasteiger partial charge on any atom is 0.345 e. The normalized spacial score (nSPS) is 9.67. The van der Waals surface area contributed by atoms with Crippen LogP contribution < -0.4 is 17.0 Å². The first-order valence-corrected chi connectivity index (χ1v) is 3.04. The van der Waals surface area contributed by atoms with E-state index in [1.54, 1.807) is 0 Å². The maximum atomic E-state index is 10.8. The van der Waals surface area contributed by atoms with Gasteiger partial charge in [-0.15, -0.1) is 0 Å². The molecule has 0 spiro atoms. The van der Waals surface area contributed by atoms with Crippen LogP contribution in [0.5, 0.6) is 0 Å². The summed E-state index contributed by atoms with van der Waals surface area (Å²) in [6.45, 7) is -0.338. The Morgan fingerprint density at radius 1 is 1.67 bits per heavy atom. The molecule has 3 N–H and O–H groups in total. The van der Waals surface area contributed by atoms with Crippen LogP contribution in [0.2, 0.25) is 0 Å². The van der Waals surface area contributed by atoms with E-state index in [0.717, 1.165) is 10.9 Å². The first kappa shape index (κ1) is 8.18. The highest BCUT2D eigenvalue weighted by molar-refractivity contribution is 5.73. The zero-order valence-corrected chi connectivity index (χ0v) is 5.98. The molecule has 0 atom stereocenters. The minimum absolute atomic E-state index is 0.338. The third kappa shape index (κ3) is 1.78. The third-order valence-electron chi connectivity index (χ3n) is 1.08. The number of nitrogens with two attached hydrogens (primary N) is 1. The number of carbonyl (C=O) groups is 1. The summed E-state index contributed by atoms with van der Waals surface area (Å²) in [7, 11) is 0. The predicted molar refractivity (Wildman–Crippen MR) is 38.3 cm³/mol. The van der Waals surface area contributed by atoms with Crippen molar-refractivity contribution in [2.45, 2.75) is 6.54 Å². The summed E-state index contributed by atoms with van der Waals surface area (Å²) in [6, 6.07) is 0. The van der Waals surface area contributed by atoms with E-state index in [2.05, 4.69) is 5.10 Å². The fraction of sp³-hybridized carbons (Fsp3) is 0.200. The molecule has 1 amide bonds. The minimum atomic E-state index is -0.749. The van der Waals surface area contributed by atoms with Crippen LogP contribution >= 0.6 is 0 Å². The summed E-state index contributed by atoms with van der Waals surface area (Å²) >= 11 is 0. The zero-order chi connectivity index (χ0) is 9.14. The van der Waals surface area contributed by atoms with Crippen molar-refractivity contribution < 1.29 is 4.79 Å². The second-order valence-corrected chi connectivity index (χ2v) is 2.06. The minimum Gasteiger partial charge on any atom is -0.368 e. The monoisotopic (exact) mass is 170 g/mol. The predicted octanol–water partition coefficient (Wildman–Crippen LogP) is -2.58. The molecule has 7 heteroatoms. The Bertz CT molecular complexity index is 404. The van der Waals surface area contributed by atoms with Crippen molar-refractivity contribution in [1.29, 1.82) is 0 Å². The molecule has 7 nitrogen and oxygen atoms in total. The van der Waals surface area contributed by atoms with Crippen LogP contribution in [-0.4, -0.2) is 20.7 Å². The number of hydrogen-bond donors (Lipinski definition) is 2. The molecule has 1 rings (SSSR count). The van der Waals surface area contributed by atoms with Crippen LogP contribution in [0, 0.1) is 0 Å². The fourth-order valence-electron chi connectivity index (χ4n) is 0.637. The van der Waals surface area contributed by atoms with Gasteiger partial charge in [0.2, 0.25) is 5.91 Å². The number of rotatable bonds is 2. The summed E-state index contributed by atoms with van der Waals surface area (Å²) in [5.41, 5.74) is 3.44. The lowest BCUT2D eigenvalue weighted by molar-refractivity contribution is -0.118. The third-order valence-corrected chi connectivity index (χ3v) is 1.08. The van der Waals surface area contributed by atoms with Gasteiger partial charge >= 0.3 is 5.69 Å². The zero-order valence-electron chi connectivity index (χ0n) is 5.98. The summed E-state index contributed by atoms with van der Waals surface area (Å²) in [6.07, 6.45) is 0.893. The molecule has 0 aliphatic rings. The van der Waals surface area contributed by atoms with Crippen molar-refractivity contribution in [1.82, 2.24) is 14.8 Å². The van der Waals surface area contributed by atoms with Crippen molar-refractivity contribution >= 4 is 5.91 Å². The Morgan fingerprint density at radius 2 is 2.33 bits per heavy atom. The number of nitrogens with zero attached hydrogens (tertiary/aromatic N) is 2. The van der Waals surface area contributed by atoms with Gasteiger partial charge in [-0.3, -0.25) is 14.6 Å². The standard InChI is InChI=1S/C5H6N4O3/c6-3(10)2-9-5(12)8-4(11)1-7-9/h1H,2H2,(H2,6,10)(H,8,11,12).